The Hall–Kier alpha value is -2.09. The van der Waals surface area contributed by atoms with Gasteiger partial charge in [-0.3, -0.25) is 0 Å². The number of rotatable bonds is 17. The molecule has 0 atom stereocenters. The van der Waals surface area contributed by atoms with Gasteiger partial charge in [-0.2, -0.15) is 0 Å². The molecule has 0 amide bonds. The van der Waals surface area contributed by atoms with Gasteiger partial charge in [0.15, 0.2) is 0 Å². The third-order valence-corrected chi connectivity index (χ3v) is 4.13. The fourth-order valence-corrected chi connectivity index (χ4v) is 2.59. The summed E-state index contributed by atoms with van der Waals surface area (Å²) in [6, 6.07) is 0. The van der Waals surface area contributed by atoms with Crippen LogP contribution in [0.25, 0.3) is 0 Å². The summed E-state index contributed by atoms with van der Waals surface area (Å²) in [6.07, 6.45) is 36.7. The van der Waals surface area contributed by atoms with Crippen LogP contribution in [-0.4, -0.2) is 12.6 Å². The van der Waals surface area contributed by atoms with Gasteiger partial charge in [-0.25, -0.2) is 4.79 Å². The summed E-state index contributed by atoms with van der Waals surface area (Å²) in [7, 11) is 0. The first kappa shape index (κ1) is 25.9. The van der Waals surface area contributed by atoms with Crippen molar-refractivity contribution in [1.82, 2.24) is 0 Å². The van der Waals surface area contributed by atoms with E-state index in [0.717, 1.165) is 0 Å². The second-order valence-corrected chi connectivity index (χ2v) is 6.70. The number of hydrogen-bond acceptors (Lipinski definition) is 2. The summed E-state index contributed by atoms with van der Waals surface area (Å²) in [5, 5.41) is 0. The lowest BCUT2D eigenvalue weighted by Crippen LogP contribution is -1.98. The topological polar surface area (TPSA) is 26.3 Å². The Kier molecular flexibility index (Phi) is 21.2. The highest BCUT2D eigenvalue weighted by molar-refractivity contribution is 5.82. The van der Waals surface area contributed by atoms with Crippen LogP contribution in [0.3, 0.4) is 0 Å². The predicted molar refractivity (Wildman–Crippen MR) is 123 cm³/mol. The van der Waals surface area contributed by atoms with Crippen molar-refractivity contribution in [1.29, 1.82) is 0 Å². The number of unbranched alkanes of at least 4 members (excludes halogenated alkanes) is 9. The average molecular weight is 385 g/mol. The van der Waals surface area contributed by atoms with Crippen LogP contribution in [0.4, 0.5) is 0 Å². The molecule has 0 saturated heterocycles. The van der Waals surface area contributed by atoms with Crippen LogP contribution in [0.2, 0.25) is 0 Å². The summed E-state index contributed by atoms with van der Waals surface area (Å²) in [5.41, 5.74) is 0. The minimum Gasteiger partial charge on any atom is -0.463 e. The lowest BCUT2D eigenvalue weighted by molar-refractivity contribution is -0.137. The molecule has 28 heavy (non-hydrogen) atoms. The first-order valence-electron chi connectivity index (χ1n) is 11.0. The minimum atomic E-state index is -0.313. The van der Waals surface area contributed by atoms with E-state index >= 15 is 0 Å². The van der Waals surface area contributed by atoms with Crippen molar-refractivity contribution >= 4 is 5.97 Å². The third kappa shape index (κ3) is 22.0. The second-order valence-electron chi connectivity index (χ2n) is 6.70. The first-order valence-corrected chi connectivity index (χ1v) is 11.0. The Morgan fingerprint density at radius 1 is 0.607 bits per heavy atom. The fourth-order valence-electron chi connectivity index (χ4n) is 2.59. The van der Waals surface area contributed by atoms with Crippen molar-refractivity contribution in [2.45, 2.75) is 78.1 Å². The Balaban J connectivity index is 3.58. The quantitative estimate of drug-likeness (QED) is 0.111. The highest BCUT2D eigenvalue weighted by atomic mass is 16.5. The molecular weight excluding hydrogens is 344 g/mol. The van der Waals surface area contributed by atoms with Crippen LogP contribution in [0.15, 0.2) is 72.9 Å². The summed E-state index contributed by atoms with van der Waals surface area (Å²) >= 11 is 0. The Morgan fingerprint density at radius 3 is 1.61 bits per heavy atom. The molecular formula is C26H40O2. The molecule has 0 heterocycles. The van der Waals surface area contributed by atoms with Gasteiger partial charge in [-0.05, 0) is 19.8 Å². The van der Waals surface area contributed by atoms with Gasteiger partial charge in [0.1, 0.15) is 0 Å². The molecule has 0 saturated carbocycles. The van der Waals surface area contributed by atoms with Crippen molar-refractivity contribution in [2.75, 3.05) is 6.61 Å². The van der Waals surface area contributed by atoms with E-state index in [4.69, 9.17) is 4.74 Å². The number of allylic oxidation sites excluding steroid dienone is 11. The van der Waals surface area contributed by atoms with Gasteiger partial charge in [0.05, 0.1) is 6.61 Å². The zero-order chi connectivity index (χ0) is 20.5. The molecule has 0 aromatic rings. The van der Waals surface area contributed by atoms with Crippen molar-refractivity contribution in [3.63, 3.8) is 0 Å². The van der Waals surface area contributed by atoms with Gasteiger partial charge < -0.3 is 4.74 Å². The lowest BCUT2D eigenvalue weighted by atomic mass is 10.1. The molecule has 156 valence electrons. The Bertz CT molecular complexity index is 519. The molecule has 0 unspecified atom stereocenters. The van der Waals surface area contributed by atoms with E-state index in [9.17, 15) is 4.79 Å². The summed E-state index contributed by atoms with van der Waals surface area (Å²) in [4.78, 5) is 11.1. The molecule has 0 aliphatic rings. The molecule has 0 aromatic heterocycles. The second kappa shape index (κ2) is 23.0. The minimum absolute atomic E-state index is 0.313. The average Bonchev–Trinajstić information content (AvgIpc) is 2.69. The monoisotopic (exact) mass is 384 g/mol. The van der Waals surface area contributed by atoms with Crippen molar-refractivity contribution in [3.05, 3.63) is 72.9 Å². The van der Waals surface area contributed by atoms with Crippen molar-refractivity contribution in [3.8, 4) is 0 Å². The van der Waals surface area contributed by atoms with Gasteiger partial charge in [-0.1, -0.05) is 125 Å². The molecule has 0 fully saturated rings. The molecule has 0 aliphatic carbocycles. The van der Waals surface area contributed by atoms with Gasteiger partial charge in [0, 0.05) is 6.08 Å². The summed E-state index contributed by atoms with van der Waals surface area (Å²) in [6.45, 7) is 4.46. The van der Waals surface area contributed by atoms with Crippen molar-refractivity contribution in [2.24, 2.45) is 0 Å². The first-order chi connectivity index (χ1) is 13.8. The maximum Gasteiger partial charge on any atom is 0.330 e. The molecule has 0 N–H and O–H groups in total. The maximum atomic E-state index is 11.1. The van der Waals surface area contributed by atoms with Crippen LogP contribution >= 0.6 is 0 Å². The Morgan fingerprint density at radius 2 is 1.07 bits per heavy atom. The van der Waals surface area contributed by atoms with E-state index in [-0.39, 0.29) is 5.97 Å². The van der Waals surface area contributed by atoms with E-state index in [1.54, 1.807) is 19.1 Å². The zero-order valence-electron chi connectivity index (χ0n) is 18.0. The van der Waals surface area contributed by atoms with Crippen LogP contribution in [0.1, 0.15) is 78.1 Å². The van der Waals surface area contributed by atoms with E-state index in [0.29, 0.717) is 6.61 Å². The number of carbonyl (C=O) groups excluding carboxylic acids is 1. The highest BCUT2D eigenvalue weighted by Gasteiger charge is 1.91. The van der Waals surface area contributed by atoms with Crippen LogP contribution in [0, 0.1) is 0 Å². The number of hydrogen-bond donors (Lipinski definition) is 0. The van der Waals surface area contributed by atoms with E-state index < -0.39 is 0 Å². The smallest absolute Gasteiger partial charge is 0.330 e. The van der Waals surface area contributed by atoms with Crippen LogP contribution < -0.4 is 0 Å². The molecule has 0 bridgehead atoms. The molecule has 0 spiro atoms. The van der Waals surface area contributed by atoms with Gasteiger partial charge in [0.25, 0.3) is 0 Å². The fraction of sp³-hybridized carbons (Fsp3) is 0.500. The molecule has 0 radical (unpaired) electrons. The number of ether oxygens (including phenoxy) is 1. The van der Waals surface area contributed by atoms with E-state index in [2.05, 4.69) is 25.2 Å². The lowest BCUT2D eigenvalue weighted by Gasteiger charge is -2.00. The highest BCUT2D eigenvalue weighted by Crippen LogP contribution is 2.10. The molecule has 2 nitrogen and oxygen atoms in total. The van der Waals surface area contributed by atoms with Gasteiger partial charge in [-0.15, -0.1) is 0 Å². The van der Waals surface area contributed by atoms with Crippen molar-refractivity contribution < 1.29 is 9.53 Å². The van der Waals surface area contributed by atoms with Gasteiger partial charge >= 0.3 is 5.97 Å². The van der Waals surface area contributed by atoms with Crippen LogP contribution in [-0.2, 0) is 9.53 Å². The SMILES string of the molecule is CCCCCCCCCCC/C=C/C=C/C=C/C=C/C=C/C=C/C(=O)OCC. The predicted octanol–water partition coefficient (Wildman–Crippen LogP) is 7.81. The normalized spacial score (nSPS) is 12.8. The molecule has 0 aliphatic heterocycles. The Labute approximate surface area is 173 Å². The summed E-state index contributed by atoms with van der Waals surface area (Å²) < 4.78 is 4.78. The standard InChI is InChI=1S/C26H40O2/c1-3-5-6-7-8-9-10-11-12-13-14-15-16-17-18-19-20-21-22-23-24-25-26(27)28-4-2/h14-25H,3-13H2,1-2H3/b15-14+,17-16+,19-18+,21-20+,23-22+,25-24+. The van der Waals surface area contributed by atoms with E-state index in [1.165, 1.54) is 70.3 Å². The van der Waals surface area contributed by atoms with Gasteiger partial charge in [0.2, 0.25) is 0 Å². The largest absolute Gasteiger partial charge is 0.463 e. The zero-order valence-corrected chi connectivity index (χ0v) is 18.0. The summed E-state index contributed by atoms with van der Waals surface area (Å²) in [5.74, 6) is -0.313. The molecule has 0 rings (SSSR count). The third-order valence-electron chi connectivity index (χ3n) is 4.13. The van der Waals surface area contributed by atoms with E-state index in [1.807, 2.05) is 36.5 Å². The molecule has 2 heteroatoms. The maximum absolute atomic E-state index is 11.1. The van der Waals surface area contributed by atoms with Crippen LogP contribution in [0.5, 0.6) is 0 Å². The number of esters is 1. The number of carbonyl (C=O) groups is 1. The molecule has 0 aromatic carbocycles.